The van der Waals surface area contributed by atoms with Crippen molar-refractivity contribution in [1.29, 1.82) is 0 Å². The van der Waals surface area contributed by atoms with Crippen LogP contribution in [0.25, 0.3) is 16.8 Å². The van der Waals surface area contributed by atoms with Crippen LogP contribution in [-0.2, 0) is 15.7 Å². The summed E-state index contributed by atoms with van der Waals surface area (Å²) in [6.07, 6.45) is 4.22. The van der Waals surface area contributed by atoms with Crippen LogP contribution in [0.2, 0.25) is 0 Å². The van der Waals surface area contributed by atoms with E-state index in [2.05, 4.69) is 15.3 Å². The molecule has 1 saturated carbocycles. The highest BCUT2D eigenvalue weighted by atomic mass is 19.4. The molecule has 1 saturated heterocycles. The van der Waals surface area contributed by atoms with Crippen LogP contribution in [-0.4, -0.2) is 44.3 Å². The highest BCUT2D eigenvalue weighted by Crippen LogP contribution is 2.41. The second kappa shape index (κ2) is 11.1. The Bertz CT molecular complexity index is 1680. The van der Waals surface area contributed by atoms with Crippen LogP contribution >= 0.6 is 0 Å². The second-order valence-corrected chi connectivity index (χ2v) is 11.7. The highest BCUT2D eigenvalue weighted by Gasteiger charge is 2.42. The predicted molar refractivity (Wildman–Crippen MR) is 153 cm³/mol. The van der Waals surface area contributed by atoms with E-state index in [0.717, 1.165) is 49.8 Å². The van der Waals surface area contributed by atoms with Gasteiger partial charge in [0.1, 0.15) is 34.5 Å². The van der Waals surface area contributed by atoms with E-state index in [1.165, 1.54) is 0 Å². The largest absolute Gasteiger partial charge is 0.416 e. The molecule has 12 heteroatoms. The molecule has 2 atom stereocenters. The van der Waals surface area contributed by atoms with Crippen molar-refractivity contribution >= 4 is 28.8 Å². The van der Waals surface area contributed by atoms with Gasteiger partial charge in [-0.3, -0.25) is 14.0 Å². The molecule has 0 radical (unpaired) electrons. The number of anilines is 2. The van der Waals surface area contributed by atoms with Gasteiger partial charge in [0.05, 0.1) is 24.2 Å². The minimum atomic E-state index is -4.55. The number of nitrogens with two attached hydrogens (primary N) is 1. The molecule has 1 aliphatic carbocycles. The highest BCUT2D eigenvalue weighted by molar-refractivity contribution is 6.04. The summed E-state index contributed by atoms with van der Waals surface area (Å²) in [7, 11) is 0. The molecule has 2 aliphatic rings. The minimum Gasteiger partial charge on any atom is -0.382 e. The van der Waals surface area contributed by atoms with E-state index in [1.54, 1.807) is 30.5 Å². The molecular weight excluding hydrogens is 561 g/mol. The molecule has 3 aromatic heterocycles. The van der Waals surface area contributed by atoms with Crippen LogP contribution in [0.4, 0.5) is 24.8 Å². The van der Waals surface area contributed by atoms with Crippen LogP contribution in [0.3, 0.4) is 0 Å². The van der Waals surface area contributed by atoms with Gasteiger partial charge < -0.3 is 15.8 Å². The zero-order valence-electron chi connectivity index (χ0n) is 23.5. The molecule has 1 aliphatic heterocycles. The van der Waals surface area contributed by atoms with E-state index in [4.69, 9.17) is 15.5 Å². The third-order valence-corrected chi connectivity index (χ3v) is 8.50. The molecular formula is C31H31F3N6O3. The number of alkyl halides is 3. The topological polar surface area (TPSA) is 124 Å². The molecule has 2 fully saturated rings. The number of fused-ring (bicyclic) bond motifs is 1. The fourth-order valence-electron chi connectivity index (χ4n) is 6.01. The standard InChI is InChI=1S/C31H31F3N6O3/c1-30(16-43-17-30)23(41)14-18-3-2-4-21(13-18)28-39-25(26-27(35)37-11-12-40(26)28)19-5-7-20(8-6-19)29(42)38-24-15-22(9-10-36-24)31(32,33)34/h5-12,15,18,21H,2-4,13-14,16-17H2,1H3,(H2,35,37)(H,36,38,42)/t18-,21-/m1/s1. The summed E-state index contributed by atoms with van der Waals surface area (Å²) in [6.45, 7) is 2.96. The number of rotatable bonds is 7. The first-order chi connectivity index (χ1) is 20.5. The Labute approximate surface area is 245 Å². The number of pyridine rings is 1. The number of carbonyl (C=O) groups excluding carboxylic acids is 2. The van der Waals surface area contributed by atoms with E-state index < -0.39 is 17.6 Å². The number of benzene rings is 1. The number of amides is 1. The number of nitrogens with one attached hydrogen (secondary N) is 1. The molecule has 4 aromatic rings. The van der Waals surface area contributed by atoms with E-state index in [0.29, 0.717) is 42.2 Å². The molecule has 4 heterocycles. The summed E-state index contributed by atoms with van der Waals surface area (Å²) in [5.41, 5.74) is 7.27. The van der Waals surface area contributed by atoms with Gasteiger partial charge in [-0.05, 0) is 56.4 Å². The van der Waals surface area contributed by atoms with Crippen molar-refractivity contribution in [1.82, 2.24) is 19.4 Å². The summed E-state index contributed by atoms with van der Waals surface area (Å²) in [5, 5.41) is 2.42. The lowest BCUT2D eigenvalue weighted by molar-refractivity contribution is -0.156. The van der Waals surface area contributed by atoms with Gasteiger partial charge in [0.25, 0.3) is 5.91 Å². The molecule has 224 valence electrons. The molecule has 0 spiro atoms. The minimum absolute atomic E-state index is 0.130. The van der Waals surface area contributed by atoms with Crippen molar-refractivity contribution in [2.45, 2.75) is 51.1 Å². The summed E-state index contributed by atoms with van der Waals surface area (Å²) >= 11 is 0. The Morgan fingerprint density at radius 1 is 1.12 bits per heavy atom. The Morgan fingerprint density at radius 3 is 2.58 bits per heavy atom. The molecule has 1 amide bonds. The number of ketones is 1. The number of halogens is 3. The van der Waals surface area contributed by atoms with Crippen molar-refractivity contribution in [3.05, 3.63) is 71.9 Å². The van der Waals surface area contributed by atoms with Crippen molar-refractivity contribution in [3.63, 3.8) is 0 Å². The molecule has 0 unspecified atom stereocenters. The van der Waals surface area contributed by atoms with Crippen molar-refractivity contribution in [2.24, 2.45) is 11.3 Å². The zero-order valence-corrected chi connectivity index (χ0v) is 23.5. The Hall–Kier alpha value is -4.32. The molecule has 43 heavy (non-hydrogen) atoms. The normalized spacial score (nSPS) is 20.0. The van der Waals surface area contributed by atoms with Gasteiger partial charge in [0.2, 0.25) is 0 Å². The Kier molecular flexibility index (Phi) is 7.41. The molecule has 3 N–H and O–H groups in total. The lowest BCUT2D eigenvalue weighted by Crippen LogP contribution is -2.47. The molecule has 1 aromatic carbocycles. The molecule has 6 rings (SSSR count). The fraction of sp³-hybridized carbons (Fsp3) is 0.387. The van der Waals surface area contributed by atoms with E-state index in [-0.39, 0.29) is 34.4 Å². The van der Waals surface area contributed by atoms with E-state index in [9.17, 15) is 22.8 Å². The number of nitrogens with zero attached hydrogens (tertiary/aromatic N) is 4. The van der Waals surface area contributed by atoms with Crippen LogP contribution in [0.1, 0.15) is 66.7 Å². The van der Waals surface area contributed by atoms with Crippen LogP contribution in [0, 0.1) is 11.3 Å². The average Bonchev–Trinajstić information content (AvgIpc) is 3.37. The molecule has 9 nitrogen and oxygen atoms in total. The first-order valence-corrected chi connectivity index (χ1v) is 14.2. The van der Waals surface area contributed by atoms with Gasteiger partial charge in [-0.2, -0.15) is 13.2 Å². The fourth-order valence-corrected chi connectivity index (χ4v) is 6.01. The number of ether oxygens (including phenoxy) is 1. The zero-order chi connectivity index (χ0) is 30.4. The number of aromatic nitrogens is 4. The maximum Gasteiger partial charge on any atom is 0.416 e. The van der Waals surface area contributed by atoms with Gasteiger partial charge >= 0.3 is 6.18 Å². The Morgan fingerprint density at radius 2 is 1.88 bits per heavy atom. The molecule has 0 bridgehead atoms. The summed E-state index contributed by atoms with van der Waals surface area (Å²) < 4.78 is 46.4. The number of hydrogen-bond acceptors (Lipinski definition) is 7. The quantitative estimate of drug-likeness (QED) is 0.273. The summed E-state index contributed by atoms with van der Waals surface area (Å²) in [5.74, 6) is 1.03. The van der Waals surface area contributed by atoms with E-state index in [1.807, 2.05) is 17.5 Å². The van der Waals surface area contributed by atoms with Crippen molar-refractivity contribution in [2.75, 3.05) is 24.3 Å². The van der Waals surface area contributed by atoms with Crippen molar-refractivity contribution in [3.8, 4) is 11.3 Å². The monoisotopic (exact) mass is 592 g/mol. The smallest absolute Gasteiger partial charge is 0.382 e. The third kappa shape index (κ3) is 5.71. The second-order valence-electron chi connectivity index (χ2n) is 11.7. The summed E-state index contributed by atoms with van der Waals surface area (Å²) in [6, 6.07) is 8.21. The first kappa shape index (κ1) is 28.8. The van der Waals surface area contributed by atoms with Gasteiger partial charge in [0.15, 0.2) is 0 Å². The lowest BCUT2D eigenvalue weighted by Gasteiger charge is -2.38. The van der Waals surface area contributed by atoms with Crippen LogP contribution in [0.5, 0.6) is 0 Å². The SMILES string of the molecule is CC1(C(=O)C[C@@H]2CCC[C@@H](c3nc(-c4ccc(C(=O)Nc5cc(C(F)(F)F)ccn5)cc4)c4c(N)nccn34)C2)COC1. The van der Waals surface area contributed by atoms with E-state index >= 15 is 0 Å². The lowest BCUT2D eigenvalue weighted by atomic mass is 9.74. The van der Waals surface area contributed by atoms with Gasteiger partial charge in [-0.1, -0.05) is 18.6 Å². The Balaban J connectivity index is 1.23. The first-order valence-electron chi connectivity index (χ1n) is 14.2. The number of carbonyl (C=O) groups is 2. The third-order valence-electron chi connectivity index (χ3n) is 8.50. The summed E-state index contributed by atoms with van der Waals surface area (Å²) in [4.78, 5) is 38.8. The number of imidazole rings is 1. The number of nitrogen functional groups attached to an aromatic ring is 1. The van der Waals surface area contributed by atoms with Gasteiger partial charge in [0, 0.05) is 42.1 Å². The number of Topliss-reactive ketones (excluding diaryl/α,β-unsaturated/α-hetero) is 1. The van der Waals surface area contributed by atoms with Crippen molar-refractivity contribution < 1.29 is 27.5 Å². The van der Waals surface area contributed by atoms with Gasteiger partial charge in [-0.15, -0.1) is 0 Å². The maximum absolute atomic E-state index is 13.0. The van der Waals surface area contributed by atoms with Crippen LogP contribution in [0.15, 0.2) is 55.0 Å². The van der Waals surface area contributed by atoms with Gasteiger partial charge in [-0.25, -0.2) is 15.0 Å². The maximum atomic E-state index is 13.0. The van der Waals surface area contributed by atoms with Crippen LogP contribution < -0.4 is 11.1 Å². The predicted octanol–water partition coefficient (Wildman–Crippen LogP) is 5.91. The average molecular weight is 593 g/mol. The number of hydrogen-bond donors (Lipinski definition) is 2.